The van der Waals surface area contributed by atoms with E-state index >= 15 is 0 Å². The van der Waals surface area contributed by atoms with Gasteiger partial charge in [-0.2, -0.15) is 10.2 Å². The van der Waals surface area contributed by atoms with Crippen molar-refractivity contribution in [1.29, 1.82) is 0 Å². The minimum absolute atomic E-state index is 0.281. The van der Waals surface area contributed by atoms with Gasteiger partial charge < -0.3 is 10.0 Å². The molecule has 8 heteroatoms. The van der Waals surface area contributed by atoms with E-state index in [1.165, 1.54) is 0 Å². The third-order valence-corrected chi connectivity index (χ3v) is 4.65. The van der Waals surface area contributed by atoms with Gasteiger partial charge in [-0.3, -0.25) is 14.2 Å². The van der Waals surface area contributed by atoms with E-state index in [0.29, 0.717) is 30.2 Å². The molecule has 0 bridgehead atoms. The molecule has 7 nitrogen and oxygen atoms in total. The first-order chi connectivity index (χ1) is 11.6. The second-order valence-electron chi connectivity index (χ2n) is 5.84. The Morgan fingerprint density at radius 1 is 1.29 bits per heavy atom. The number of hydrogen-bond acceptors (Lipinski definition) is 4. The Morgan fingerprint density at radius 2 is 2.12 bits per heavy atom. The molecule has 0 atom stereocenters. The summed E-state index contributed by atoms with van der Waals surface area (Å²) in [5.41, 5.74) is 3.41. The van der Waals surface area contributed by atoms with Crippen LogP contribution in [-0.4, -0.2) is 48.6 Å². The third-order valence-electron chi connectivity index (χ3n) is 4.35. The molecule has 124 valence electrons. The van der Waals surface area contributed by atoms with Crippen molar-refractivity contribution < 1.29 is 9.90 Å². The van der Waals surface area contributed by atoms with Crippen molar-refractivity contribution in [3.63, 3.8) is 0 Å². The summed E-state index contributed by atoms with van der Waals surface area (Å²) in [6.45, 7) is 1.01. The van der Waals surface area contributed by atoms with Crippen molar-refractivity contribution in [1.82, 2.24) is 24.5 Å². The Morgan fingerprint density at radius 3 is 2.83 bits per heavy atom. The van der Waals surface area contributed by atoms with Crippen LogP contribution >= 0.6 is 11.6 Å². The lowest BCUT2D eigenvalue weighted by Crippen LogP contribution is -2.39. The molecular weight excluding hydrogens is 330 g/mol. The Balaban J connectivity index is 1.92. The molecule has 0 saturated heterocycles. The molecule has 0 saturated carbocycles. The molecular formula is C16H16ClN5O2. The van der Waals surface area contributed by atoms with Crippen LogP contribution in [0.1, 0.15) is 5.69 Å². The summed E-state index contributed by atoms with van der Waals surface area (Å²) in [6.07, 6.45) is 1.88. The van der Waals surface area contributed by atoms with Crippen LogP contribution in [0.5, 0.6) is 0 Å². The second kappa shape index (κ2) is 5.61. The third kappa shape index (κ3) is 2.28. The molecule has 1 aromatic carbocycles. The number of aryl methyl sites for hydroxylation is 1. The molecule has 1 aliphatic heterocycles. The van der Waals surface area contributed by atoms with E-state index in [2.05, 4.69) is 10.2 Å². The Kier molecular flexibility index (Phi) is 3.54. The average Bonchev–Trinajstić information content (AvgIpc) is 3.18. The number of amides is 1. The molecule has 3 aromatic rings. The molecule has 0 fully saturated rings. The van der Waals surface area contributed by atoms with Gasteiger partial charge in [0.05, 0.1) is 29.5 Å². The minimum Gasteiger partial charge on any atom is -0.387 e. The van der Waals surface area contributed by atoms with E-state index in [0.717, 1.165) is 22.3 Å². The number of carbonyl (C=O) groups is 1. The Labute approximate surface area is 143 Å². The predicted molar refractivity (Wildman–Crippen MR) is 89.4 cm³/mol. The predicted octanol–water partition coefficient (Wildman–Crippen LogP) is 1.42. The summed E-state index contributed by atoms with van der Waals surface area (Å²) in [5, 5.41) is 19.7. The SMILES string of the molecule is Cn1ccc(-c2ccc(Cl)c3nn4c(c23)CN(C(=O)CO)CC4)n1. The first-order valence-electron chi connectivity index (χ1n) is 7.65. The van der Waals surface area contributed by atoms with Crippen molar-refractivity contribution in [2.45, 2.75) is 13.1 Å². The zero-order chi connectivity index (χ0) is 16.8. The van der Waals surface area contributed by atoms with Crippen LogP contribution in [0.15, 0.2) is 24.4 Å². The molecule has 0 radical (unpaired) electrons. The van der Waals surface area contributed by atoms with E-state index in [4.69, 9.17) is 16.7 Å². The summed E-state index contributed by atoms with van der Waals surface area (Å²) in [4.78, 5) is 13.5. The molecule has 0 unspecified atom stereocenters. The lowest BCUT2D eigenvalue weighted by Gasteiger charge is -2.27. The number of fused-ring (bicyclic) bond motifs is 3. The monoisotopic (exact) mass is 345 g/mol. The number of carbonyl (C=O) groups excluding carboxylic acids is 1. The van der Waals surface area contributed by atoms with Crippen LogP contribution in [0.2, 0.25) is 5.02 Å². The first-order valence-corrected chi connectivity index (χ1v) is 8.03. The van der Waals surface area contributed by atoms with Gasteiger partial charge in [0.15, 0.2) is 0 Å². The summed E-state index contributed by atoms with van der Waals surface area (Å²) in [5.74, 6) is -0.281. The number of benzene rings is 1. The van der Waals surface area contributed by atoms with Crippen molar-refractivity contribution in [3.8, 4) is 11.3 Å². The lowest BCUT2D eigenvalue weighted by molar-refractivity contribution is -0.135. The molecule has 1 amide bonds. The molecule has 24 heavy (non-hydrogen) atoms. The van der Waals surface area contributed by atoms with Crippen LogP contribution in [0.4, 0.5) is 0 Å². The van der Waals surface area contributed by atoms with Gasteiger partial charge in [-0.15, -0.1) is 0 Å². The smallest absolute Gasteiger partial charge is 0.248 e. The highest BCUT2D eigenvalue weighted by Gasteiger charge is 2.26. The molecule has 1 aliphatic rings. The number of aliphatic hydroxyl groups is 1. The molecule has 1 N–H and O–H groups in total. The van der Waals surface area contributed by atoms with Crippen LogP contribution in [-0.2, 0) is 24.9 Å². The topological polar surface area (TPSA) is 76.2 Å². The van der Waals surface area contributed by atoms with Gasteiger partial charge in [0.25, 0.3) is 0 Å². The van der Waals surface area contributed by atoms with Crippen molar-refractivity contribution >= 4 is 28.4 Å². The summed E-state index contributed by atoms with van der Waals surface area (Å²) < 4.78 is 3.64. The maximum absolute atomic E-state index is 11.9. The van der Waals surface area contributed by atoms with Crippen LogP contribution in [0, 0.1) is 0 Å². The largest absolute Gasteiger partial charge is 0.387 e. The van der Waals surface area contributed by atoms with Crippen molar-refractivity contribution in [2.75, 3.05) is 13.2 Å². The number of halogens is 1. The van der Waals surface area contributed by atoms with Gasteiger partial charge in [-0.1, -0.05) is 17.7 Å². The minimum atomic E-state index is -0.486. The highest BCUT2D eigenvalue weighted by atomic mass is 35.5. The van der Waals surface area contributed by atoms with E-state index in [-0.39, 0.29) is 5.91 Å². The zero-order valence-electron chi connectivity index (χ0n) is 13.1. The number of aromatic nitrogens is 4. The molecule has 0 aliphatic carbocycles. The number of nitrogens with zero attached hydrogens (tertiary/aromatic N) is 5. The molecule has 2 aromatic heterocycles. The summed E-state index contributed by atoms with van der Waals surface area (Å²) in [7, 11) is 1.87. The highest BCUT2D eigenvalue weighted by Crippen LogP contribution is 2.35. The highest BCUT2D eigenvalue weighted by molar-refractivity contribution is 6.35. The maximum Gasteiger partial charge on any atom is 0.248 e. The standard InChI is InChI=1S/C16H16ClN5O2/c1-20-5-4-12(18-20)10-2-3-11(17)16-15(10)13-8-21(14(24)9-23)6-7-22(13)19-16/h2-5,23H,6-9H2,1H3. The van der Waals surface area contributed by atoms with E-state index in [1.54, 1.807) is 9.58 Å². The number of hydrogen-bond donors (Lipinski definition) is 1. The molecule has 0 spiro atoms. The molecule has 3 heterocycles. The summed E-state index contributed by atoms with van der Waals surface area (Å²) in [6, 6.07) is 5.69. The zero-order valence-corrected chi connectivity index (χ0v) is 13.9. The van der Waals surface area contributed by atoms with Gasteiger partial charge in [-0.05, 0) is 12.1 Å². The van der Waals surface area contributed by atoms with Crippen LogP contribution < -0.4 is 0 Å². The van der Waals surface area contributed by atoms with Gasteiger partial charge in [0.2, 0.25) is 5.91 Å². The second-order valence-corrected chi connectivity index (χ2v) is 6.24. The lowest BCUT2D eigenvalue weighted by atomic mass is 10.0. The average molecular weight is 346 g/mol. The van der Waals surface area contributed by atoms with Crippen LogP contribution in [0.3, 0.4) is 0 Å². The van der Waals surface area contributed by atoms with Gasteiger partial charge in [0, 0.05) is 30.7 Å². The van der Waals surface area contributed by atoms with E-state index in [1.807, 2.05) is 36.1 Å². The first kappa shape index (κ1) is 15.2. The number of rotatable bonds is 2. The Bertz CT molecular complexity index is 945. The summed E-state index contributed by atoms with van der Waals surface area (Å²) >= 11 is 6.35. The van der Waals surface area contributed by atoms with Crippen molar-refractivity contribution in [3.05, 3.63) is 35.1 Å². The quantitative estimate of drug-likeness (QED) is 0.762. The fourth-order valence-corrected chi connectivity index (χ4v) is 3.37. The molecule has 4 rings (SSSR count). The Hall–Kier alpha value is -2.38. The maximum atomic E-state index is 11.9. The van der Waals surface area contributed by atoms with Gasteiger partial charge in [-0.25, -0.2) is 0 Å². The number of aliphatic hydroxyl groups excluding tert-OH is 1. The van der Waals surface area contributed by atoms with Crippen molar-refractivity contribution in [2.24, 2.45) is 7.05 Å². The van der Waals surface area contributed by atoms with E-state index in [9.17, 15) is 4.79 Å². The fraction of sp³-hybridized carbons (Fsp3) is 0.312. The van der Waals surface area contributed by atoms with Crippen LogP contribution in [0.25, 0.3) is 22.2 Å². The fourth-order valence-electron chi connectivity index (χ4n) is 3.17. The van der Waals surface area contributed by atoms with Gasteiger partial charge in [0.1, 0.15) is 12.1 Å². The van der Waals surface area contributed by atoms with Gasteiger partial charge >= 0.3 is 0 Å². The van der Waals surface area contributed by atoms with E-state index < -0.39 is 6.61 Å². The normalized spacial score (nSPS) is 14.2.